The molecule has 0 spiro atoms. The van der Waals surface area contributed by atoms with E-state index in [1.54, 1.807) is 18.3 Å². The lowest BCUT2D eigenvalue weighted by molar-refractivity contribution is 0.281. The molecule has 0 radical (unpaired) electrons. The summed E-state index contributed by atoms with van der Waals surface area (Å²) >= 11 is 0. The summed E-state index contributed by atoms with van der Waals surface area (Å²) in [5, 5.41) is 17.2. The zero-order chi connectivity index (χ0) is 13.8. The van der Waals surface area contributed by atoms with E-state index in [1.807, 2.05) is 6.92 Å². The van der Waals surface area contributed by atoms with Crippen LogP contribution in [0.5, 0.6) is 17.2 Å². The molecule has 2 N–H and O–H groups in total. The second-order valence-electron chi connectivity index (χ2n) is 3.77. The van der Waals surface area contributed by atoms with Crippen LogP contribution in [0.25, 0.3) is 0 Å². The molecule has 2 rings (SSSR count). The Morgan fingerprint density at radius 3 is 2.53 bits per heavy atom. The third-order valence-corrected chi connectivity index (χ3v) is 2.24. The Morgan fingerprint density at radius 1 is 1.16 bits per heavy atom. The Kier molecular flexibility index (Phi) is 3.98. The van der Waals surface area contributed by atoms with Crippen LogP contribution in [0.1, 0.15) is 5.69 Å². The van der Waals surface area contributed by atoms with Crippen molar-refractivity contribution in [1.82, 2.24) is 4.98 Å². The summed E-state index contributed by atoms with van der Waals surface area (Å²) in [6.07, 6.45) is 1.58. The summed E-state index contributed by atoms with van der Waals surface area (Å²) in [5.41, 5.74) is 0.779. The number of hydrogen-bond donors (Lipinski definition) is 2. The van der Waals surface area contributed by atoms with Crippen molar-refractivity contribution in [2.75, 3.05) is 0 Å². The van der Waals surface area contributed by atoms with Crippen molar-refractivity contribution in [3.05, 3.63) is 48.0 Å². The molecule has 1 aromatic heterocycles. The molecule has 0 fully saturated rings. The Labute approximate surface area is 109 Å². The second kappa shape index (κ2) is 5.68. The first-order valence-corrected chi connectivity index (χ1v) is 5.47. The van der Waals surface area contributed by atoms with Crippen LogP contribution in [0.15, 0.2) is 36.5 Å². The van der Waals surface area contributed by atoms with Crippen LogP contribution in [0.4, 0.5) is 4.39 Å². The number of halogens is 1. The van der Waals surface area contributed by atoms with E-state index in [2.05, 4.69) is 9.64 Å². The summed E-state index contributed by atoms with van der Waals surface area (Å²) in [7, 11) is -2.07. The van der Waals surface area contributed by atoms with Crippen molar-refractivity contribution in [1.29, 1.82) is 0 Å². The molecule has 98 valence electrons. The molecule has 1 heterocycles. The van der Waals surface area contributed by atoms with E-state index in [0.717, 1.165) is 11.8 Å². The predicted molar refractivity (Wildman–Crippen MR) is 66.3 cm³/mol. The van der Waals surface area contributed by atoms with Crippen LogP contribution in [-0.4, -0.2) is 22.4 Å². The van der Waals surface area contributed by atoms with Crippen LogP contribution >= 0.6 is 0 Å². The zero-order valence-electron chi connectivity index (χ0n) is 10.1. The Balaban J connectivity index is 2.16. The van der Waals surface area contributed by atoms with Gasteiger partial charge in [0.05, 0.1) is 0 Å². The van der Waals surface area contributed by atoms with Gasteiger partial charge >= 0.3 is 7.32 Å². The number of hydrogen-bond acceptors (Lipinski definition) is 5. The summed E-state index contributed by atoms with van der Waals surface area (Å²) < 4.78 is 23.4. The molecular formula is C12H11BFNO4. The van der Waals surface area contributed by atoms with Gasteiger partial charge in [0.25, 0.3) is 0 Å². The van der Waals surface area contributed by atoms with Crippen molar-refractivity contribution in [3.63, 3.8) is 0 Å². The molecule has 0 aliphatic rings. The average Bonchev–Trinajstić information content (AvgIpc) is 2.32. The molecule has 0 saturated carbocycles. The van der Waals surface area contributed by atoms with Crippen molar-refractivity contribution in [3.8, 4) is 17.2 Å². The fourth-order valence-electron chi connectivity index (χ4n) is 1.47. The van der Waals surface area contributed by atoms with Crippen molar-refractivity contribution in [2.45, 2.75) is 6.92 Å². The van der Waals surface area contributed by atoms with E-state index in [0.29, 0.717) is 5.75 Å². The summed E-state index contributed by atoms with van der Waals surface area (Å²) in [4.78, 5) is 4.02. The van der Waals surface area contributed by atoms with Gasteiger partial charge in [0.2, 0.25) is 0 Å². The number of benzene rings is 1. The Morgan fingerprint density at radius 2 is 1.89 bits per heavy atom. The standard InChI is InChI=1S/C12H11BFNO4/c1-8-6-10(4-5-15-8)18-9-2-3-12(11(14)7-9)19-13(16)17/h2-7,16-17H,1H3. The first kappa shape index (κ1) is 13.3. The minimum Gasteiger partial charge on any atom is -0.510 e. The highest BCUT2D eigenvalue weighted by atomic mass is 19.1. The van der Waals surface area contributed by atoms with Gasteiger partial charge in [-0.05, 0) is 25.1 Å². The van der Waals surface area contributed by atoms with Gasteiger partial charge in [-0.1, -0.05) is 0 Å². The summed E-state index contributed by atoms with van der Waals surface area (Å²) in [6, 6.07) is 7.15. The molecule has 2 aromatic rings. The maximum absolute atomic E-state index is 13.6. The topological polar surface area (TPSA) is 71.8 Å². The van der Waals surface area contributed by atoms with Gasteiger partial charge < -0.3 is 19.4 Å². The highest BCUT2D eigenvalue weighted by Crippen LogP contribution is 2.26. The first-order valence-electron chi connectivity index (χ1n) is 5.47. The van der Waals surface area contributed by atoms with E-state index in [4.69, 9.17) is 14.8 Å². The van der Waals surface area contributed by atoms with Crippen molar-refractivity contribution in [2.24, 2.45) is 0 Å². The number of rotatable bonds is 4. The summed E-state index contributed by atoms with van der Waals surface area (Å²) in [5.74, 6) is -0.227. The first-order chi connectivity index (χ1) is 9.04. The van der Waals surface area contributed by atoms with Gasteiger partial charge in [0.15, 0.2) is 5.82 Å². The maximum atomic E-state index is 13.6. The van der Waals surface area contributed by atoms with Gasteiger partial charge in [0, 0.05) is 24.0 Å². The molecule has 0 saturated heterocycles. The number of aromatic nitrogens is 1. The maximum Gasteiger partial charge on any atom is 0.707 e. The van der Waals surface area contributed by atoms with E-state index in [1.165, 1.54) is 12.1 Å². The van der Waals surface area contributed by atoms with Gasteiger partial charge in [-0.25, -0.2) is 4.39 Å². The molecule has 5 nitrogen and oxygen atoms in total. The summed E-state index contributed by atoms with van der Waals surface area (Å²) in [6.45, 7) is 1.81. The third-order valence-electron chi connectivity index (χ3n) is 2.24. The van der Waals surface area contributed by atoms with Crippen molar-refractivity contribution < 1.29 is 23.8 Å². The molecule has 0 bridgehead atoms. The van der Waals surface area contributed by atoms with E-state index < -0.39 is 13.1 Å². The van der Waals surface area contributed by atoms with E-state index >= 15 is 0 Å². The molecule has 7 heteroatoms. The predicted octanol–water partition coefficient (Wildman–Crippen LogP) is 1.67. The van der Waals surface area contributed by atoms with Crippen molar-refractivity contribution >= 4 is 7.32 Å². The monoisotopic (exact) mass is 263 g/mol. The highest BCUT2D eigenvalue weighted by molar-refractivity contribution is 6.33. The minimum atomic E-state index is -2.07. The molecule has 0 aliphatic heterocycles. The van der Waals surface area contributed by atoms with Crippen LogP contribution in [0, 0.1) is 12.7 Å². The highest BCUT2D eigenvalue weighted by Gasteiger charge is 2.15. The number of aryl methyl sites for hydroxylation is 1. The molecule has 1 aromatic carbocycles. The fourth-order valence-corrected chi connectivity index (χ4v) is 1.47. The smallest absolute Gasteiger partial charge is 0.510 e. The molecule has 0 unspecified atom stereocenters. The van der Waals surface area contributed by atoms with E-state index in [-0.39, 0.29) is 11.5 Å². The number of pyridine rings is 1. The van der Waals surface area contributed by atoms with Gasteiger partial charge in [-0.3, -0.25) is 4.98 Å². The quantitative estimate of drug-likeness (QED) is 0.821. The van der Waals surface area contributed by atoms with E-state index in [9.17, 15) is 4.39 Å². The Bertz CT molecular complexity index is 579. The lowest BCUT2D eigenvalue weighted by atomic mass is 10.2. The zero-order valence-corrected chi connectivity index (χ0v) is 10.1. The molecular weight excluding hydrogens is 252 g/mol. The van der Waals surface area contributed by atoms with Crippen LogP contribution in [0.3, 0.4) is 0 Å². The second-order valence-corrected chi connectivity index (χ2v) is 3.77. The van der Waals surface area contributed by atoms with Crippen LogP contribution < -0.4 is 9.39 Å². The number of ether oxygens (including phenoxy) is 1. The number of nitrogens with zero attached hydrogens (tertiary/aromatic N) is 1. The average molecular weight is 263 g/mol. The minimum absolute atomic E-state index is 0.267. The van der Waals surface area contributed by atoms with Gasteiger partial charge in [-0.15, -0.1) is 0 Å². The third kappa shape index (κ3) is 3.67. The molecule has 19 heavy (non-hydrogen) atoms. The lowest BCUT2D eigenvalue weighted by Gasteiger charge is -2.09. The van der Waals surface area contributed by atoms with Gasteiger partial charge in [0.1, 0.15) is 17.2 Å². The molecule has 0 atom stereocenters. The normalized spacial score (nSPS) is 10.1. The van der Waals surface area contributed by atoms with Gasteiger partial charge in [-0.2, -0.15) is 0 Å². The lowest BCUT2D eigenvalue weighted by Crippen LogP contribution is -2.21. The van der Waals surface area contributed by atoms with Crippen LogP contribution in [0.2, 0.25) is 0 Å². The fraction of sp³-hybridized carbons (Fsp3) is 0.0833. The molecule has 0 aliphatic carbocycles. The van der Waals surface area contributed by atoms with Crippen LogP contribution in [-0.2, 0) is 0 Å². The Hall–Kier alpha value is -2.12. The SMILES string of the molecule is Cc1cc(Oc2ccc(OB(O)O)c(F)c2)ccn1. The largest absolute Gasteiger partial charge is 0.707 e. The molecule has 0 amide bonds.